The number of nitrogens with zero attached hydrogens (tertiary/aromatic N) is 6. The predicted molar refractivity (Wildman–Crippen MR) is 136 cm³/mol. The topological polar surface area (TPSA) is 70.8 Å². The van der Waals surface area contributed by atoms with E-state index in [0.29, 0.717) is 16.7 Å². The molecular formula is C22H24ClN7OS2. The number of ether oxygens (including phenoxy) is 1. The zero-order valence-corrected chi connectivity index (χ0v) is 20.8. The summed E-state index contributed by atoms with van der Waals surface area (Å²) in [5, 5.41) is 5.96. The Labute approximate surface area is 205 Å². The highest BCUT2D eigenvalue weighted by Gasteiger charge is 2.21. The van der Waals surface area contributed by atoms with Crippen molar-refractivity contribution in [3.8, 4) is 28.4 Å². The summed E-state index contributed by atoms with van der Waals surface area (Å²) in [4.78, 5) is 15.0. The summed E-state index contributed by atoms with van der Waals surface area (Å²) in [5.41, 5.74) is 3.46. The molecule has 0 saturated carbocycles. The minimum atomic E-state index is 0.565. The number of hydrogen-bond acceptors (Lipinski definition) is 9. The average molecular weight is 502 g/mol. The molecule has 1 saturated heterocycles. The number of thiazole rings is 1. The van der Waals surface area contributed by atoms with E-state index in [2.05, 4.69) is 30.2 Å². The fourth-order valence-corrected chi connectivity index (χ4v) is 5.59. The zero-order chi connectivity index (χ0) is 22.8. The van der Waals surface area contributed by atoms with Gasteiger partial charge in [0, 0.05) is 68.2 Å². The minimum absolute atomic E-state index is 0.565. The van der Waals surface area contributed by atoms with Crippen LogP contribution in [0.2, 0.25) is 5.02 Å². The summed E-state index contributed by atoms with van der Waals surface area (Å²) in [6.45, 7) is 7.11. The van der Waals surface area contributed by atoms with Gasteiger partial charge in [-0.25, -0.2) is 23.6 Å². The lowest BCUT2D eigenvalue weighted by Gasteiger charge is -2.15. The summed E-state index contributed by atoms with van der Waals surface area (Å²) in [6, 6.07) is 7.61. The molecule has 1 aliphatic heterocycles. The molecule has 3 aromatic heterocycles. The Bertz CT molecular complexity index is 1260. The van der Waals surface area contributed by atoms with E-state index in [4.69, 9.17) is 26.3 Å². The Morgan fingerprint density at radius 3 is 2.88 bits per heavy atom. The lowest BCUT2D eigenvalue weighted by molar-refractivity contribution is 0.415. The second kappa shape index (κ2) is 9.86. The van der Waals surface area contributed by atoms with E-state index >= 15 is 0 Å². The van der Waals surface area contributed by atoms with E-state index in [-0.39, 0.29) is 0 Å². The van der Waals surface area contributed by atoms with Crippen LogP contribution >= 0.6 is 35.1 Å². The maximum absolute atomic E-state index is 6.25. The normalized spacial score (nSPS) is 14.9. The maximum Gasteiger partial charge on any atom is 0.223 e. The molecule has 0 bridgehead atoms. The number of aromatic nitrogens is 4. The van der Waals surface area contributed by atoms with Gasteiger partial charge >= 0.3 is 0 Å². The van der Waals surface area contributed by atoms with Crippen molar-refractivity contribution in [2.45, 2.75) is 6.92 Å². The van der Waals surface area contributed by atoms with Gasteiger partial charge < -0.3 is 10.1 Å². The Kier molecular flexibility index (Phi) is 6.70. The van der Waals surface area contributed by atoms with Gasteiger partial charge in [-0.2, -0.15) is 0 Å². The van der Waals surface area contributed by atoms with Crippen molar-refractivity contribution in [2.75, 3.05) is 45.2 Å². The summed E-state index contributed by atoms with van der Waals surface area (Å²) >= 11 is 9.64. The van der Waals surface area contributed by atoms with Crippen LogP contribution in [0.15, 0.2) is 42.0 Å². The molecular weight excluding hydrogens is 478 g/mol. The molecule has 0 unspecified atom stereocenters. The first-order valence-corrected chi connectivity index (χ1v) is 12.7. The van der Waals surface area contributed by atoms with Crippen LogP contribution in [0.4, 0.5) is 5.95 Å². The third-order valence-corrected chi connectivity index (χ3v) is 7.75. The number of halogens is 1. The molecule has 8 nitrogen and oxygen atoms in total. The molecule has 5 rings (SSSR count). The van der Waals surface area contributed by atoms with Crippen molar-refractivity contribution in [2.24, 2.45) is 0 Å². The van der Waals surface area contributed by atoms with Crippen molar-refractivity contribution in [1.82, 2.24) is 28.0 Å². The fraction of sp³-hybridized carbons (Fsp3) is 0.318. The summed E-state index contributed by atoms with van der Waals surface area (Å²) in [6.07, 6.45) is 3.80. The molecule has 0 atom stereocenters. The van der Waals surface area contributed by atoms with Crippen LogP contribution in [-0.2, 0) is 0 Å². The maximum atomic E-state index is 6.25. The highest BCUT2D eigenvalue weighted by atomic mass is 35.5. The highest BCUT2D eigenvalue weighted by molar-refractivity contribution is 7.94. The third kappa shape index (κ3) is 4.67. The fourth-order valence-electron chi connectivity index (χ4n) is 3.74. The number of methoxy groups -OCH3 is 1. The second-order valence-corrected chi connectivity index (χ2v) is 9.91. The third-order valence-electron chi connectivity index (χ3n) is 5.41. The van der Waals surface area contributed by atoms with Gasteiger partial charge in [0.2, 0.25) is 5.95 Å². The molecule has 1 fully saturated rings. The molecule has 0 amide bonds. The molecule has 33 heavy (non-hydrogen) atoms. The van der Waals surface area contributed by atoms with Crippen molar-refractivity contribution in [1.29, 1.82) is 0 Å². The van der Waals surface area contributed by atoms with Crippen LogP contribution < -0.4 is 10.1 Å². The van der Waals surface area contributed by atoms with Gasteiger partial charge in [-0.05, 0) is 18.2 Å². The van der Waals surface area contributed by atoms with E-state index < -0.39 is 0 Å². The molecule has 1 aromatic carbocycles. The number of imidazole rings is 1. The number of fused-ring (bicyclic) bond motifs is 1. The van der Waals surface area contributed by atoms with Crippen LogP contribution in [0.5, 0.6) is 5.75 Å². The van der Waals surface area contributed by atoms with Crippen molar-refractivity contribution in [3.63, 3.8) is 0 Å². The van der Waals surface area contributed by atoms with Gasteiger partial charge in [0.15, 0.2) is 4.96 Å². The first kappa shape index (κ1) is 22.4. The number of nitrogens with one attached hydrogen (secondary N) is 1. The standard InChI is InChI=1S/C22H24ClN7OS2/c1-3-28-10-11-29(33-28)9-8-25-21-24-7-6-17(26-21)20-19(27-22-30(20)12-13-32-22)15-4-5-16(23)18(14-15)31-2/h4-7,12-14H,3,8-11H2,1-2H3,(H,24,25,26). The molecule has 0 radical (unpaired) electrons. The molecule has 4 heterocycles. The largest absolute Gasteiger partial charge is 0.495 e. The summed E-state index contributed by atoms with van der Waals surface area (Å²) in [5.74, 6) is 1.22. The smallest absolute Gasteiger partial charge is 0.223 e. The number of anilines is 1. The van der Waals surface area contributed by atoms with Crippen LogP contribution in [0.3, 0.4) is 0 Å². The molecule has 0 aliphatic carbocycles. The monoisotopic (exact) mass is 501 g/mol. The Morgan fingerprint density at radius 2 is 2.06 bits per heavy atom. The van der Waals surface area contributed by atoms with Crippen molar-refractivity contribution < 1.29 is 4.74 Å². The van der Waals surface area contributed by atoms with E-state index in [1.165, 1.54) is 0 Å². The van der Waals surface area contributed by atoms with Crippen molar-refractivity contribution >= 4 is 46.0 Å². The Morgan fingerprint density at radius 1 is 1.18 bits per heavy atom. The van der Waals surface area contributed by atoms with Gasteiger partial charge in [-0.15, -0.1) is 11.3 Å². The molecule has 172 valence electrons. The molecule has 11 heteroatoms. The van der Waals surface area contributed by atoms with Crippen LogP contribution in [0, 0.1) is 0 Å². The summed E-state index contributed by atoms with van der Waals surface area (Å²) < 4.78 is 12.2. The lowest BCUT2D eigenvalue weighted by Crippen LogP contribution is -2.22. The number of benzene rings is 1. The summed E-state index contributed by atoms with van der Waals surface area (Å²) in [7, 11) is 1.61. The lowest BCUT2D eigenvalue weighted by atomic mass is 10.1. The molecule has 1 aliphatic rings. The SMILES string of the molecule is CCN1CCN(CCNc2nccc(-c3c(-c4ccc(Cl)c(OC)c4)nc4sccn34)n2)S1. The van der Waals surface area contributed by atoms with Gasteiger partial charge in [0.05, 0.1) is 23.5 Å². The predicted octanol–water partition coefficient (Wildman–Crippen LogP) is 4.79. The minimum Gasteiger partial charge on any atom is -0.495 e. The van der Waals surface area contributed by atoms with Gasteiger partial charge in [0.1, 0.15) is 11.4 Å². The van der Waals surface area contributed by atoms with E-state index in [1.54, 1.807) is 24.6 Å². The van der Waals surface area contributed by atoms with E-state index in [9.17, 15) is 0 Å². The highest BCUT2D eigenvalue weighted by Crippen LogP contribution is 2.36. The van der Waals surface area contributed by atoms with E-state index in [1.807, 2.05) is 48.0 Å². The average Bonchev–Trinajstić information content (AvgIpc) is 3.55. The van der Waals surface area contributed by atoms with Crippen molar-refractivity contribution in [3.05, 3.63) is 47.1 Å². The van der Waals surface area contributed by atoms with Gasteiger partial charge in [0.25, 0.3) is 0 Å². The first-order chi connectivity index (χ1) is 16.2. The van der Waals surface area contributed by atoms with Gasteiger partial charge in [-0.3, -0.25) is 4.40 Å². The number of likely N-dealkylation sites (N-methyl/N-ethyl adjacent to an activating group) is 1. The van der Waals surface area contributed by atoms with Crippen LogP contribution in [-0.4, -0.2) is 67.8 Å². The molecule has 1 N–H and O–H groups in total. The molecule has 4 aromatic rings. The Balaban J connectivity index is 1.41. The quantitative estimate of drug-likeness (QED) is 0.345. The second-order valence-electron chi connectivity index (χ2n) is 7.44. The van der Waals surface area contributed by atoms with Crippen LogP contribution in [0.25, 0.3) is 27.6 Å². The van der Waals surface area contributed by atoms with E-state index in [0.717, 1.165) is 60.3 Å². The first-order valence-electron chi connectivity index (χ1n) is 10.7. The molecule has 0 spiro atoms. The van der Waals surface area contributed by atoms with Crippen LogP contribution in [0.1, 0.15) is 6.92 Å². The number of rotatable bonds is 8. The van der Waals surface area contributed by atoms with Gasteiger partial charge in [-0.1, -0.05) is 24.6 Å². The zero-order valence-electron chi connectivity index (χ0n) is 18.4. The number of hydrogen-bond donors (Lipinski definition) is 1. The Hall–Kier alpha value is -2.37.